The maximum Gasteiger partial charge on any atom is 0.236 e. The van der Waals surface area contributed by atoms with Gasteiger partial charge in [0.15, 0.2) is 5.84 Å². The van der Waals surface area contributed by atoms with Gasteiger partial charge in [-0.3, -0.25) is 4.79 Å². The first-order chi connectivity index (χ1) is 9.39. The van der Waals surface area contributed by atoms with Gasteiger partial charge in [0, 0.05) is 12.4 Å². The van der Waals surface area contributed by atoms with Crippen LogP contribution >= 0.6 is 11.3 Å². The summed E-state index contributed by atoms with van der Waals surface area (Å²) in [5, 5.41) is 14.9. The highest BCUT2D eigenvalue weighted by Gasteiger charge is 2.53. The lowest BCUT2D eigenvalue weighted by Crippen LogP contribution is -2.56. The lowest BCUT2D eigenvalue weighted by atomic mass is 9.61. The van der Waals surface area contributed by atoms with Crippen molar-refractivity contribution in [2.24, 2.45) is 22.2 Å². The molecule has 0 unspecified atom stereocenters. The lowest BCUT2D eigenvalue weighted by Gasteiger charge is -2.45. The lowest BCUT2D eigenvalue weighted by molar-refractivity contribution is -0.143. The van der Waals surface area contributed by atoms with E-state index >= 15 is 0 Å². The van der Waals surface area contributed by atoms with Crippen LogP contribution in [0.2, 0.25) is 0 Å². The molecule has 1 amide bonds. The number of amidine groups is 1. The minimum atomic E-state index is -0.839. The number of carbonyl (C=O) groups excluding carboxylic acids is 1. The molecule has 1 aliphatic carbocycles. The van der Waals surface area contributed by atoms with Crippen molar-refractivity contribution in [1.29, 1.82) is 0 Å². The molecule has 1 fully saturated rings. The molecule has 1 aromatic heterocycles. The molecule has 1 saturated carbocycles. The predicted molar refractivity (Wildman–Crippen MR) is 77.6 cm³/mol. The highest BCUT2D eigenvalue weighted by molar-refractivity contribution is 7.09. The summed E-state index contributed by atoms with van der Waals surface area (Å²) in [7, 11) is 1.73. The molecule has 6 nitrogen and oxygen atoms in total. The fourth-order valence-electron chi connectivity index (χ4n) is 2.88. The molecule has 110 valence electrons. The van der Waals surface area contributed by atoms with Crippen molar-refractivity contribution < 1.29 is 10.0 Å². The van der Waals surface area contributed by atoms with Crippen LogP contribution in [0.15, 0.2) is 10.5 Å². The number of hydrogen-bond donors (Lipinski definition) is 2. The molecule has 0 atom stereocenters. The molecular formula is C13H20N4O2S. The quantitative estimate of drug-likeness (QED) is 0.382. The van der Waals surface area contributed by atoms with Crippen LogP contribution in [0.1, 0.15) is 30.5 Å². The normalized spacial score (nSPS) is 26.1. The van der Waals surface area contributed by atoms with Crippen molar-refractivity contribution in [2.75, 3.05) is 7.05 Å². The Kier molecular flexibility index (Phi) is 3.99. The van der Waals surface area contributed by atoms with E-state index < -0.39 is 5.41 Å². The first kappa shape index (κ1) is 14.8. The Morgan fingerprint density at radius 1 is 1.70 bits per heavy atom. The van der Waals surface area contributed by atoms with Gasteiger partial charge in [0.1, 0.15) is 5.41 Å². The van der Waals surface area contributed by atoms with Crippen LogP contribution in [0.25, 0.3) is 0 Å². The SMILES string of the molecule is Cc1nc(CN(C)C(=O)C2(C(N)=NO)CC(C)C2)cs1. The van der Waals surface area contributed by atoms with Gasteiger partial charge in [0.05, 0.1) is 17.2 Å². The summed E-state index contributed by atoms with van der Waals surface area (Å²) in [5.74, 6) is 0.327. The van der Waals surface area contributed by atoms with Crippen molar-refractivity contribution in [2.45, 2.75) is 33.2 Å². The second-order valence-electron chi connectivity index (χ2n) is 5.60. The van der Waals surface area contributed by atoms with Crippen molar-refractivity contribution in [1.82, 2.24) is 9.88 Å². The number of aromatic nitrogens is 1. The third kappa shape index (κ3) is 2.49. The number of nitrogens with two attached hydrogens (primary N) is 1. The van der Waals surface area contributed by atoms with Crippen molar-refractivity contribution >= 4 is 23.1 Å². The molecular weight excluding hydrogens is 276 g/mol. The zero-order valence-electron chi connectivity index (χ0n) is 12.0. The highest BCUT2D eigenvalue weighted by atomic mass is 32.1. The minimum absolute atomic E-state index is 0.0157. The Labute approximate surface area is 122 Å². The number of nitrogens with zero attached hydrogens (tertiary/aromatic N) is 3. The van der Waals surface area contributed by atoms with Crippen LogP contribution in [0.3, 0.4) is 0 Å². The number of oxime groups is 1. The van der Waals surface area contributed by atoms with E-state index in [1.165, 1.54) is 0 Å². The molecule has 2 rings (SSSR count). The van der Waals surface area contributed by atoms with Gasteiger partial charge in [0.2, 0.25) is 5.91 Å². The molecule has 0 aromatic carbocycles. The molecule has 0 spiro atoms. The van der Waals surface area contributed by atoms with Crippen LogP contribution < -0.4 is 5.73 Å². The molecule has 1 heterocycles. The van der Waals surface area contributed by atoms with Gasteiger partial charge in [-0.05, 0) is 25.7 Å². The van der Waals surface area contributed by atoms with E-state index in [9.17, 15) is 4.79 Å². The van der Waals surface area contributed by atoms with Gasteiger partial charge in [0.25, 0.3) is 0 Å². The molecule has 0 bridgehead atoms. The first-order valence-corrected chi connectivity index (χ1v) is 7.41. The summed E-state index contributed by atoms with van der Waals surface area (Å²) in [6, 6.07) is 0. The van der Waals surface area contributed by atoms with Gasteiger partial charge < -0.3 is 15.8 Å². The number of hydrogen-bond acceptors (Lipinski definition) is 5. The third-order valence-corrected chi connectivity index (χ3v) is 4.64. The van der Waals surface area contributed by atoms with E-state index in [0.717, 1.165) is 10.7 Å². The van der Waals surface area contributed by atoms with E-state index in [2.05, 4.69) is 17.1 Å². The maximum atomic E-state index is 12.6. The average Bonchev–Trinajstić information content (AvgIpc) is 2.78. The highest BCUT2D eigenvalue weighted by Crippen LogP contribution is 2.47. The van der Waals surface area contributed by atoms with Gasteiger partial charge in [-0.2, -0.15) is 0 Å². The van der Waals surface area contributed by atoms with Crippen LogP contribution in [0, 0.1) is 18.3 Å². The monoisotopic (exact) mass is 296 g/mol. The van der Waals surface area contributed by atoms with Crippen LogP contribution in [-0.2, 0) is 11.3 Å². The molecule has 3 N–H and O–H groups in total. The Morgan fingerprint density at radius 2 is 2.35 bits per heavy atom. The third-order valence-electron chi connectivity index (χ3n) is 3.81. The second-order valence-corrected chi connectivity index (χ2v) is 6.66. The Morgan fingerprint density at radius 3 is 2.80 bits per heavy atom. The zero-order chi connectivity index (χ0) is 14.9. The van der Waals surface area contributed by atoms with Gasteiger partial charge in [-0.15, -0.1) is 11.3 Å². The first-order valence-electron chi connectivity index (χ1n) is 6.53. The second kappa shape index (κ2) is 5.40. The summed E-state index contributed by atoms with van der Waals surface area (Å²) >= 11 is 1.56. The molecule has 0 radical (unpaired) electrons. The van der Waals surface area contributed by atoms with Crippen molar-refractivity contribution in [3.63, 3.8) is 0 Å². The summed E-state index contributed by atoms with van der Waals surface area (Å²) in [4.78, 5) is 18.6. The van der Waals surface area contributed by atoms with E-state index in [-0.39, 0.29) is 11.7 Å². The predicted octanol–water partition coefficient (Wildman–Crippen LogP) is 1.57. The topological polar surface area (TPSA) is 91.8 Å². The van der Waals surface area contributed by atoms with Crippen LogP contribution in [-0.4, -0.2) is 33.9 Å². The number of rotatable bonds is 4. The smallest absolute Gasteiger partial charge is 0.236 e. The molecule has 1 aliphatic rings. The molecule has 0 aliphatic heterocycles. The number of thiazole rings is 1. The van der Waals surface area contributed by atoms with Crippen LogP contribution in [0.4, 0.5) is 0 Å². The van der Waals surface area contributed by atoms with Crippen molar-refractivity contribution in [3.05, 3.63) is 16.1 Å². The largest absolute Gasteiger partial charge is 0.409 e. The van der Waals surface area contributed by atoms with Gasteiger partial charge in [-0.1, -0.05) is 12.1 Å². The minimum Gasteiger partial charge on any atom is -0.409 e. The molecule has 1 aromatic rings. The van der Waals surface area contributed by atoms with E-state index in [1.54, 1.807) is 23.3 Å². The van der Waals surface area contributed by atoms with E-state index in [1.807, 2.05) is 12.3 Å². The Bertz CT molecular complexity index is 534. The number of carbonyl (C=O) groups is 1. The van der Waals surface area contributed by atoms with Gasteiger partial charge in [-0.25, -0.2) is 4.98 Å². The molecule has 0 saturated heterocycles. The standard InChI is InChI=1S/C13H20N4O2S/c1-8-4-13(5-8,11(14)16-19)12(18)17(3)6-10-7-20-9(2)15-10/h7-8,19H,4-6H2,1-3H3,(H2,14,16). The number of aryl methyl sites for hydroxylation is 1. The summed E-state index contributed by atoms with van der Waals surface area (Å²) in [5.41, 5.74) is 5.78. The summed E-state index contributed by atoms with van der Waals surface area (Å²) in [6.07, 6.45) is 1.25. The van der Waals surface area contributed by atoms with E-state index in [0.29, 0.717) is 25.3 Å². The fourth-order valence-corrected chi connectivity index (χ4v) is 3.48. The zero-order valence-corrected chi connectivity index (χ0v) is 12.8. The maximum absolute atomic E-state index is 12.6. The number of amides is 1. The average molecular weight is 296 g/mol. The fraction of sp³-hybridized carbons (Fsp3) is 0.615. The van der Waals surface area contributed by atoms with Crippen molar-refractivity contribution in [3.8, 4) is 0 Å². The molecule has 7 heteroatoms. The Balaban J connectivity index is 2.12. The van der Waals surface area contributed by atoms with Crippen LogP contribution in [0.5, 0.6) is 0 Å². The summed E-state index contributed by atoms with van der Waals surface area (Å²) in [6.45, 7) is 4.43. The Hall–Kier alpha value is -1.63. The molecule has 20 heavy (non-hydrogen) atoms. The summed E-state index contributed by atoms with van der Waals surface area (Å²) < 4.78 is 0. The van der Waals surface area contributed by atoms with E-state index in [4.69, 9.17) is 10.9 Å². The van der Waals surface area contributed by atoms with Gasteiger partial charge >= 0.3 is 0 Å².